The second-order valence-corrected chi connectivity index (χ2v) is 0.316. The predicted molar refractivity (Wildman–Crippen MR) is 24.4 cm³/mol. The van der Waals surface area contributed by atoms with Gasteiger partial charge in [-0.1, -0.05) is 0 Å². The summed E-state index contributed by atoms with van der Waals surface area (Å²) in [5.41, 5.74) is 0. The van der Waals surface area contributed by atoms with E-state index in [9.17, 15) is 0 Å². The molecule has 1 nitrogen and oxygen atoms in total. The van der Waals surface area contributed by atoms with Crippen molar-refractivity contribution >= 4 is 29.7 Å². The predicted octanol–water partition coefficient (Wildman–Crippen LogP) is 0.307. The minimum absolute atomic E-state index is 0.250. The van der Waals surface area contributed by atoms with Gasteiger partial charge in [-0.25, -0.2) is 0 Å². The summed E-state index contributed by atoms with van der Waals surface area (Å²) in [6.45, 7) is 1.93. The molecule has 0 aliphatic rings. The lowest BCUT2D eigenvalue weighted by Gasteiger charge is -1.52. The second kappa shape index (κ2) is 19.9. The molecule has 0 atom stereocenters. The van der Waals surface area contributed by atoms with Crippen molar-refractivity contribution in [2.45, 2.75) is 6.92 Å². The normalized spacial score (nSPS) is 4.80. The van der Waals surface area contributed by atoms with Crippen LogP contribution in [-0.2, 0) is 0 Å². The lowest BCUT2D eigenvalue weighted by Crippen LogP contribution is -1.57. The zero-order valence-electron chi connectivity index (χ0n) is 3.24. The van der Waals surface area contributed by atoms with Crippen molar-refractivity contribution in [1.29, 1.82) is 0 Å². The summed E-state index contributed by atoms with van der Waals surface area (Å²) in [6.07, 6.45) is 0. The molecule has 1 N–H and O–H groups in total. The minimum Gasteiger partial charge on any atom is -0.397 e. The van der Waals surface area contributed by atoms with Crippen molar-refractivity contribution in [3.05, 3.63) is 0 Å². The van der Waals surface area contributed by atoms with E-state index < -0.39 is 0 Å². The molecular weight excluding hydrogens is 99.8 g/mol. The van der Waals surface area contributed by atoms with Crippen LogP contribution in [-0.4, -0.2) is 32.3 Å². The summed E-state index contributed by atoms with van der Waals surface area (Å²) in [6, 6.07) is 0. The lowest BCUT2D eigenvalue weighted by molar-refractivity contribution is 0.318. The molecule has 0 amide bonds. The third kappa shape index (κ3) is 44.2. The van der Waals surface area contributed by atoms with Gasteiger partial charge >= 0.3 is 29.7 Å². The Labute approximate surface area is 48.5 Å². The van der Waals surface area contributed by atoms with Crippen molar-refractivity contribution < 1.29 is 5.11 Å². The van der Waals surface area contributed by atoms with E-state index in [2.05, 4.69) is 9.07 Å². The zero-order chi connectivity index (χ0) is 4.71. The first-order valence-corrected chi connectivity index (χ1v) is 3.43. The maximum Gasteiger partial charge on any atom is 1.59 e. The van der Waals surface area contributed by atoms with Crippen LogP contribution in [0.25, 0.3) is 0 Å². The monoisotopic (exact) mass is 105 g/mol. The molecule has 0 aliphatic carbocycles. The van der Waals surface area contributed by atoms with Gasteiger partial charge in [0.05, 0.1) is 0 Å². The number of hydrogen-bond acceptors (Lipinski definition) is 1. The fourth-order valence-electron chi connectivity index (χ4n) is 0. The number of aliphatic hydroxyl groups excluding tert-OH is 1. The Hall–Kier alpha value is 1.02. The molecular formula is C2H6ClMgO+2. The molecule has 5 heavy (non-hydrogen) atoms. The van der Waals surface area contributed by atoms with Gasteiger partial charge in [0.2, 0.25) is 0 Å². The molecule has 0 saturated carbocycles. The summed E-state index contributed by atoms with van der Waals surface area (Å²) < 4.78 is 0. The van der Waals surface area contributed by atoms with Crippen LogP contribution in [0.5, 0.6) is 0 Å². The lowest BCUT2D eigenvalue weighted by atomic mass is 10.9. The first-order valence-electron chi connectivity index (χ1n) is 1.29. The average molecular weight is 106 g/mol. The van der Waals surface area contributed by atoms with Crippen LogP contribution in [0.4, 0.5) is 0 Å². The highest BCUT2D eigenvalue weighted by Crippen LogP contribution is 1.30. The minimum atomic E-state index is 0.250. The summed E-state index contributed by atoms with van der Waals surface area (Å²) in [5.74, 6) is 0. The molecule has 0 spiro atoms. The fourth-order valence-corrected chi connectivity index (χ4v) is 0. The Kier molecular flexibility index (Phi) is 37.4. The maximum absolute atomic E-state index is 7.57. The highest BCUT2D eigenvalue weighted by Gasteiger charge is 2.16. The van der Waals surface area contributed by atoms with E-state index in [4.69, 9.17) is 5.11 Å². The van der Waals surface area contributed by atoms with Crippen molar-refractivity contribution in [3.8, 4) is 0 Å². The first-order chi connectivity index (χ1) is 2.41. The van der Waals surface area contributed by atoms with Crippen LogP contribution in [0.15, 0.2) is 0 Å². The van der Waals surface area contributed by atoms with Crippen LogP contribution < -0.4 is 0 Å². The van der Waals surface area contributed by atoms with Crippen molar-refractivity contribution in [2.24, 2.45) is 0 Å². The van der Waals surface area contributed by atoms with E-state index in [1.807, 2.05) is 0 Å². The summed E-state index contributed by atoms with van der Waals surface area (Å²) in [7, 11) is 4.67. The van der Waals surface area contributed by atoms with Crippen molar-refractivity contribution in [1.82, 2.24) is 0 Å². The zero-order valence-corrected chi connectivity index (χ0v) is 5.41. The third-order valence-corrected chi connectivity index (χ3v) is 0. The second-order valence-electron chi connectivity index (χ2n) is 0.316. The summed E-state index contributed by atoms with van der Waals surface area (Å²) in [4.78, 5) is 0. The van der Waals surface area contributed by atoms with Gasteiger partial charge in [0.15, 0.2) is 0 Å². The number of halogens is 1. The van der Waals surface area contributed by atoms with Gasteiger partial charge in [-0.05, 0) is 6.92 Å². The van der Waals surface area contributed by atoms with E-state index in [1.54, 1.807) is 6.92 Å². The van der Waals surface area contributed by atoms with E-state index in [1.165, 1.54) is 20.6 Å². The molecule has 0 aliphatic heterocycles. The summed E-state index contributed by atoms with van der Waals surface area (Å²) in [5, 5.41) is 7.57. The molecule has 0 aromatic rings. The Morgan fingerprint density at radius 1 is 1.80 bits per heavy atom. The maximum atomic E-state index is 7.57. The Bertz CT molecular complexity index is 9.61. The van der Waals surface area contributed by atoms with E-state index in [-0.39, 0.29) is 6.61 Å². The average Bonchev–Trinajstić information content (AvgIpc) is 1.46. The molecule has 7 radical (unpaired) electrons. The van der Waals surface area contributed by atoms with Gasteiger partial charge < -0.3 is 5.11 Å². The molecule has 0 bridgehead atoms. The van der Waals surface area contributed by atoms with Gasteiger partial charge in [0.25, 0.3) is 0 Å². The fraction of sp³-hybridized carbons (Fsp3) is 1.00. The standard InChI is InChI=1S/C2H6O.ClH.Mg/c1-2-3;;/h3H,2H2,1H3;1H;/q;;+3/p-1. The third-order valence-electron chi connectivity index (χ3n) is 0. The molecule has 0 rings (SSSR count). The molecule has 0 aromatic heterocycles. The summed E-state index contributed by atoms with van der Waals surface area (Å²) >= 11 is 1.33. The SMILES string of the molecule is CCO.[Mg+2][Cl]. The quantitative estimate of drug-likeness (QED) is 0.440. The molecule has 3 heteroatoms. The first kappa shape index (κ1) is 9.39. The van der Waals surface area contributed by atoms with Crippen molar-refractivity contribution in [2.75, 3.05) is 6.61 Å². The Balaban J connectivity index is 0. The van der Waals surface area contributed by atoms with Gasteiger partial charge in [-0.2, -0.15) is 0 Å². The Morgan fingerprint density at radius 3 is 1.80 bits per heavy atom. The molecule has 0 fully saturated rings. The van der Waals surface area contributed by atoms with Crippen LogP contribution >= 0.6 is 9.07 Å². The smallest absolute Gasteiger partial charge is 0.397 e. The van der Waals surface area contributed by atoms with E-state index in [0.29, 0.717) is 0 Å². The molecule has 0 unspecified atom stereocenters. The van der Waals surface area contributed by atoms with Crippen LogP contribution in [0.3, 0.4) is 0 Å². The number of rotatable bonds is 0. The highest BCUT2D eigenvalue weighted by atomic mass is 35.5. The topological polar surface area (TPSA) is 20.2 Å². The van der Waals surface area contributed by atoms with Gasteiger partial charge in [0.1, 0.15) is 0 Å². The van der Waals surface area contributed by atoms with Gasteiger partial charge in [0, 0.05) is 6.61 Å². The van der Waals surface area contributed by atoms with Crippen LogP contribution in [0, 0.1) is 0 Å². The molecule has 0 saturated heterocycles. The van der Waals surface area contributed by atoms with E-state index >= 15 is 0 Å². The number of aliphatic hydroxyl groups is 1. The molecule has 27 valence electrons. The van der Waals surface area contributed by atoms with E-state index in [0.717, 1.165) is 0 Å². The van der Waals surface area contributed by atoms with Gasteiger partial charge in [-0.15, -0.1) is 0 Å². The van der Waals surface area contributed by atoms with Crippen LogP contribution in [0.2, 0.25) is 0 Å². The highest BCUT2D eigenvalue weighted by molar-refractivity contribution is 6.80. The number of hydrogen-bond donors (Lipinski definition) is 1. The molecule has 0 heterocycles. The largest absolute Gasteiger partial charge is 1.59 e. The molecule has 0 aromatic carbocycles. The van der Waals surface area contributed by atoms with Crippen LogP contribution in [0.1, 0.15) is 6.92 Å². The Morgan fingerprint density at radius 2 is 1.80 bits per heavy atom. The van der Waals surface area contributed by atoms with Gasteiger partial charge in [-0.3, -0.25) is 0 Å². The van der Waals surface area contributed by atoms with Crippen molar-refractivity contribution in [3.63, 3.8) is 0 Å².